The lowest BCUT2D eigenvalue weighted by molar-refractivity contribution is -0.107. The van der Waals surface area contributed by atoms with Crippen LogP contribution in [0, 0.1) is 17.1 Å². The standard InChI is InChI=1S/C27H21FN6OS/c1-3-22-26(33(2)27-32-25(23(14-29)36-27)17-4-8-20(28)9-5-17)34-16-19(7-11-24(34)31-22)18-6-10-21(12-13-35)30-15-18/h4-11,13,15-16H,3,12H2,1-2H3. The first-order valence-corrected chi connectivity index (χ1v) is 12.1. The molecule has 0 amide bonds. The van der Waals surface area contributed by atoms with Crippen LogP contribution in [-0.4, -0.2) is 32.7 Å². The number of aryl methyl sites for hydroxylation is 1. The van der Waals surface area contributed by atoms with Crippen LogP contribution in [0.4, 0.5) is 15.3 Å². The molecule has 0 N–H and O–H groups in total. The number of anilines is 2. The molecule has 0 aliphatic heterocycles. The fourth-order valence-electron chi connectivity index (χ4n) is 4.07. The molecule has 5 aromatic rings. The summed E-state index contributed by atoms with van der Waals surface area (Å²) in [5.41, 5.74) is 5.49. The van der Waals surface area contributed by atoms with Gasteiger partial charge in [0.05, 0.1) is 5.69 Å². The molecule has 0 fully saturated rings. The van der Waals surface area contributed by atoms with Gasteiger partial charge in [0.1, 0.15) is 40.2 Å². The molecular weight excluding hydrogens is 475 g/mol. The maximum atomic E-state index is 13.4. The minimum Gasteiger partial charge on any atom is -0.305 e. The van der Waals surface area contributed by atoms with E-state index in [1.165, 1.54) is 23.5 Å². The summed E-state index contributed by atoms with van der Waals surface area (Å²) in [6, 6.07) is 15.9. The van der Waals surface area contributed by atoms with Gasteiger partial charge in [0.2, 0.25) is 0 Å². The summed E-state index contributed by atoms with van der Waals surface area (Å²) in [4.78, 5) is 27.1. The van der Waals surface area contributed by atoms with Gasteiger partial charge in [0.15, 0.2) is 5.13 Å². The number of imidazole rings is 1. The SMILES string of the molecule is CCc1nc2ccc(-c3ccc(CC=O)nc3)cn2c1N(C)c1nc(-c2ccc(F)cc2)c(C#N)s1. The average Bonchev–Trinajstić information content (AvgIpc) is 3.50. The van der Waals surface area contributed by atoms with Gasteiger partial charge >= 0.3 is 0 Å². The van der Waals surface area contributed by atoms with Crippen molar-refractivity contribution in [2.75, 3.05) is 11.9 Å². The molecule has 0 saturated carbocycles. The van der Waals surface area contributed by atoms with Gasteiger partial charge in [0, 0.05) is 48.2 Å². The molecule has 0 bridgehead atoms. The third-order valence-electron chi connectivity index (χ3n) is 5.89. The number of hydrogen-bond donors (Lipinski definition) is 0. The maximum Gasteiger partial charge on any atom is 0.192 e. The highest BCUT2D eigenvalue weighted by Gasteiger charge is 2.22. The Morgan fingerprint density at radius 1 is 1.08 bits per heavy atom. The molecule has 5 rings (SSSR count). The maximum absolute atomic E-state index is 13.4. The van der Waals surface area contributed by atoms with Crippen LogP contribution in [0.5, 0.6) is 0 Å². The second kappa shape index (κ2) is 9.68. The van der Waals surface area contributed by atoms with E-state index < -0.39 is 0 Å². The van der Waals surface area contributed by atoms with Crippen molar-refractivity contribution in [3.8, 4) is 28.5 Å². The Kier molecular flexibility index (Phi) is 6.27. The summed E-state index contributed by atoms with van der Waals surface area (Å²) >= 11 is 1.28. The number of hydrogen-bond acceptors (Lipinski definition) is 7. The fraction of sp³-hybridized carbons (Fsp3) is 0.148. The number of nitrogens with zero attached hydrogens (tertiary/aromatic N) is 6. The molecule has 4 heterocycles. The van der Waals surface area contributed by atoms with E-state index in [4.69, 9.17) is 9.97 Å². The van der Waals surface area contributed by atoms with Crippen molar-refractivity contribution in [1.29, 1.82) is 5.26 Å². The van der Waals surface area contributed by atoms with Crippen molar-refractivity contribution in [3.63, 3.8) is 0 Å². The Hall–Kier alpha value is -4.42. The number of aldehydes is 1. The number of fused-ring (bicyclic) bond motifs is 1. The highest BCUT2D eigenvalue weighted by molar-refractivity contribution is 7.16. The van der Waals surface area contributed by atoms with E-state index in [-0.39, 0.29) is 12.2 Å². The van der Waals surface area contributed by atoms with Crippen LogP contribution in [-0.2, 0) is 17.6 Å². The van der Waals surface area contributed by atoms with Crippen molar-refractivity contribution >= 4 is 34.2 Å². The number of halogens is 1. The number of carbonyl (C=O) groups excluding carboxylic acids is 1. The summed E-state index contributed by atoms with van der Waals surface area (Å²) in [6.07, 6.45) is 5.60. The van der Waals surface area contributed by atoms with E-state index in [1.54, 1.807) is 18.3 Å². The van der Waals surface area contributed by atoms with Gasteiger partial charge in [-0.05, 0) is 48.9 Å². The van der Waals surface area contributed by atoms with Crippen LogP contribution in [0.2, 0.25) is 0 Å². The summed E-state index contributed by atoms with van der Waals surface area (Å²) < 4.78 is 15.4. The predicted octanol–water partition coefficient (Wildman–Crippen LogP) is 5.60. The quantitative estimate of drug-likeness (QED) is 0.273. The number of benzene rings is 1. The van der Waals surface area contributed by atoms with Gasteiger partial charge in [-0.25, -0.2) is 14.4 Å². The average molecular weight is 497 g/mol. The van der Waals surface area contributed by atoms with Crippen LogP contribution in [0.25, 0.3) is 28.0 Å². The van der Waals surface area contributed by atoms with Crippen LogP contribution in [0.15, 0.2) is 60.9 Å². The second-order valence-electron chi connectivity index (χ2n) is 8.14. The molecule has 0 aliphatic rings. The van der Waals surface area contributed by atoms with Gasteiger partial charge in [-0.2, -0.15) is 5.26 Å². The normalized spacial score (nSPS) is 10.9. The number of pyridine rings is 2. The van der Waals surface area contributed by atoms with E-state index >= 15 is 0 Å². The zero-order valence-electron chi connectivity index (χ0n) is 19.6. The monoisotopic (exact) mass is 496 g/mol. The number of rotatable bonds is 7. The molecule has 36 heavy (non-hydrogen) atoms. The van der Waals surface area contributed by atoms with Gasteiger partial charge in [-0.15, -0.1) is 0 Å². The Bertz CT molecular complexity index is 1600. The Labute approximate surface area is 211 Å². The molecule has 9 heteroatoms. The largest absolute Gasteiger partial charge is 0.305 e. The zero-order chi connectivity index (χ0) is 25.2. The Morgan fingerprint density at radius 2 is 1.83 bits per heavy atom. The molecule has 0 atom stereocenters. The third-order valence-corrected chi connectivity index (χ3v) is 6.92. The van der Waals surface area contributed by atoms with Crippen LogP contribution in [0.1, 0.15) is 23.2 Å². The van der Waals surface area contributed by atoms with Crippen LogP contribution >= 0.6 is 11.3 Å². The van der Waals surface area contributed by atoms with Crippen LogP contribution in [0.3, 0.4) is 0 Å². The summed E-state index contributed by atoms with van der Waals surface area (Å²) in [5, 5.41) is 10.4. The molecule has 178 valence electrons. The first-order chi connectivity index (χ1) is 17.5. The topological polar surface area (TPSA) is 87.2 Å². The van der Waals surface area contributed by atoms with Gasteiger partial charge < -0.3 is 9.69 Å². The predicted molar refractivity (Wildman–Crippen MR) is 138 cm³/mol. The summed E-state index contributed by atoms with van der Waals surface area (Å²) in [7, 11) is 1.90. The summed E-state index contributed by atoms with van der Waals surface area (Å²) in [6.45, 7) is 2.04. The second-order valence-corrected chi connectivity index (χ2v) is 9.12. The van der Waals surface area contributed by atoms with Crippen molar-refractivity contribution in [3.05, 3.63) is 83.0 Å². The molecule has 0 aliphatic carbocycles. The van der Waals surface area contributed by atoms with E-state index in [2.05, 4.69) is 11.1 Å². The van der Waals surface area contributed by atoms with Crippen molar-refractivity contribution in [1.82, 2.24) is 19.4 Å². The third kappa shape index (κ3) is 4.23. The minimum absolute atomic E-state index is 0.286. The fourth-order valence-corrected chi connectivity index (χ4v) is 4.92. The summed E-state index contributed by atoms with van der Waals surface area (Å²) in [5.74, 6) is 0.510. The molecule has 4 aromatic heterocycles. The Morgan fingerprint density at radius 3 is 2.50 bits per heavy atom. The molecule has 0 radical (unpaired) electrons. The van der Waals surface area contributed by atoms with E-state index in [9.17, 15) is 14.4 Å². The lowest BCUT2D eigenvalue weighted by Gasteiger charge is -2.17. The number of nitriles is 1. The van der Waals surface area contributed by atoms with Crippen LogP contribution < -0.4 is 4.90 Å². The molecular formula is C27H21FN6OS. The van der Waals surface area contributed by atoms with Crippen molar-refractivity contribution < 1.29 is 9.18 Å². The molecule has 7 nitrogen and oxygen atoms in total. The highest BCUT2D eigenvalue weighted by Crippen LogP contribution is 2.37. The molecule has 0 saturated heterocycles. The lowest BCUT2D eigenvalue weighted by atomic mass is 10.1. The lowest BCUT2D eigenvalue weighted by Crippen LogP contribution is -2.13. The van der Waals surface area contributed by atoms with Gasteiger partial charge in [-0.3, -0.25) is 9.38 Å². The van der Waals surface area contributed by atoms with Gasteiger partial charge in [-0.1, -0.05) is 24.3 Å². The molecule has 0 unspecified atom stereocenters. The van der Waals surface area contributed by atoms with Gasteiger partial charge in [0.25, 0.3) is 0 Å². The Balaban J connectivity index is 1.58. The first-order valence-electron chi connectivity index (χ1n) is 11.3. The van der Waals surface area contributed by atoms with Crippen molar-refractivity contribution in [2.24, 2.45) is 0 Å². The van der Waals surface area contributed by atoms with E-state index in [1.807, 2.05) is 53.7 Å². The minimum atomic E-state index is -0.340. The first kappa shape index (κ1) is 23.3. The molecule has 0 spiro atoms. The van der Waals surface area contributed by atoms with Crippen molar-refractivity contribution in [2.45, 2.75) is 19.8 Å². The highest BCUT2D eigenvalue weighted by atomic mass is 32.1. The smallest absolute Gasteiger partial charge is 0.192 e. The number of aromatic nitrogens is 4. The number of carbonyl (C=O) groups is 1. The zero-order valence-corrected chi connectivity index (χ0v) is 20.5. The number of thiazole rings is 1. The van der Waals surface area contributed by atoms with E-state index in [0.29, 0.717) is 27.7 Å². The van der Waals surface area contributed by atoms with E-state index in [0.717, 1.165) is 40.3 Å². The molecule has 1 aromatic carbocycles.